The van der Waals surface area contributed by atoms with Gasteiger partial charge in [-0.05, 0) is 238 Å². The second-order valence-electron chi connectivity index (χ2n) is 37.7. The summed E-state index contributed by atoms with van der Waals surface area (Å²) in [6.45, 7) is 51.9. The van der Waals surface area contributed by atoms with Crippen LogP contribution in [0.25, 0.3) is 131 Å². The molecule has 704 valence electrons. The van der Waals surface area contributed by atoms with Gasteiger partial charge >= 0.3 is 23.1 Å². The number of aromatic nitrogens is 4. The molecule has 12 nitrogen and oxygen atoms in total. The van der Waals surface area contributed by atoms with Gasteiger partial charge in [0.05, 0.1) is 75.0 Å². The van der Waals surface area contributed by atoms with Gasteiger partial charge in [0, 0.05) is 105 Å². The van der Waals surface area contributed by atoms with Gasteiger partial charge in [0.25, 0.3) is 0 Å². The Labute approximate surface area is 847 Å². The minimum Gasteiger partial charge on any atom is -0.512 e. The van der Waals surface area contributed by atoms with Gasteiger partial charge in [-0.1, -0.05) is 212 Å². The number of allylic oxidation sites excluding steroid dienone is 8. The zero-order valence-corrected chi connectivity index (χ0v) is 91.5. The zero-order chi connectivity index (χ0) is 95.6. The number of fused-ring (bicyclic) bond motifs is 12. The van der Waals surface area contributed by atoms with Crippen molar-refractivity contribution in [3.8, 4) is 45.0 Å². The Hall–Kier alpha value is -11.2. The first-order chi connectivity index (χ1) is 61.1. The number of ketones is 4. The molecular formula is C118H128Ir4N4O8. The van der Waals surface area contributed by atoms with Crippen molar-refractivity contribution in [2.24, 2.45) is 0 Å². The van der Waals surface area contributed by atoms with E-state index in [1.165, 1.54) is 222 Å². The molecule has 4 aromatic heterocycles. The first-order valence-corrected chi connectivity index (χ1v) is 43.9. The maximum atomic E-state index is 8.40. The third kappa shape index (κ3) is 31.2. The second kappa shape index (κ2) is 49.8. The number of carbonyl (C=O) groups excluding carboxylic acids is 4. The van der Waals surface area contributed by atoms with E-state index in [9.17, 15) is 0 Å². The molecule has 0 saturated carbocycles. The largest absolute Gasteiger partial charge is 0.512 e. The van der Waals surface area contributed by atoms with Crippen LogP contribution in [-0.2, 0) is 102 Å². The van der Waals surface area contributed by atoms with Crippen LogP contribution in [0.2, 0.25) is 0 Å². The number of aliphatic hydroxyl groups is 4. The van der Waals surface area contributed by atoms with Crippen molar-refractivity contribution in [3.05, 3.63) is 358 Å². The minimum absolute atomic E-state index is 0. The summed E-state index contributed by atoms with van der Waals surface area (Å²) >= 11 is 0. The van der Waals surface area contributed by atoms with Gasteiger partial charge in [0.1, 0.15) is 0 Å². The summed E-state index contributed by atoms with van der Waals surface area (Å²) in [7, 11) is 0. The average molecular weight is 2500 g/mol. The molecule has 0 saturated heterocycles. The molecule has 4 radical (unpaired) electrons. The van der Waals surface area contributed by atoms with E-state index in [1.807, 2.05) is 49.1 Å². The van der Waals surface area contributed by atoms with Crippen LogP contribution in [0.3, 0.4) is 0 Å². The van der Waals surface area contributed by atoms with E-state index in [0.717, 1.165) is 45.0 Å². The SMILES string of the molecule is CC(=[OH+])C=C(C)O.CC(=[OH+])C=C(C)O.CC(=[OH+])C=C(C)O.CC(=[OH+])C=C(C)O.CC(C)(C)c1cc[c-]c(-c2nccc3c2ccc2cc(C(C)(C)C)ccc23)c1.Cc1cc[c-]c(-c2nccc3c2ccc2c(C)c(C)c(C)cc23)c1.Cc1cc[c-]c(-c2nccc3c2ccc2cc(C(C)(C)C)ccc23)c1.Cc1ccc2c(ccc3c(-c4[c-]ccc(C(C)(C)C)c4)nccc32)c1.[Ir].[Ir].[Ir].[Ir]. The zero-order valence-electron chi connectivity index (χ0n) is 81.9. The van der Waals surface area contributed by atoms with E-state index in [2.05, 4.69) is 341 Å². The molecular weight excluding hydrogens is 2370 g/mol. The van der Waals surface area contributed by atoms with Crippen LogP contribution in [0.5, 0.6) is 0 Å². The van der Waals surface area contributed by atoms with Crippen LogP contribution in [0.1, 0.15) is 194 Å². The normalized spacial score (nSPS) is 11.5. The van der Waals surface area contributed by atoms with Gasteiger partial charge in [0.15, 0.2) is 0 Å². The monoisotopic (exact) mass is 2500 g/mol. The molecule has 0 amide bonds. The fraction of sp³-hybridized carbons (Fsp3) is 0.254. The summed E-state index contributed by atoms with van der Waals surface area (Å²) < 4.78 is 0. The molecule has 16 aromatic rings. The Bertz CT molecular complexity index is 6910. The topological polar surface area (TPSA) is 218 Å². The smallest absolute Gasteiger partial charge is 0.316 e. The van der Waals surface area contributed by atoms with Gasteiger partial charge in [-0.25, -0.2) is 0 Å². The molecule has 0 atom stereocenters. The van der Waals surface area contributed by atoms with Crippen LogP contribution in [0.4, 0.5) is 0 Å². The molecule has 0 spiro atoms. The summed E-state index contributed by atoms with van der Waals surface area (Å²) in [6.07, 6.45) is 12.8. The fourth-order valence-corrected chi connectivity index (χ4v) is 15.3. The number of benzene rings is 12. The standard InChI is InChI=1S/C27H28N.2C24H22N.C23H20N.4C5H8O2.4Ir/c1-26(2,3)20-9-7-8-19(17-20)25-24-12-10-18-16-21(27(4,5)6)11-13-22(18)23(24)14-15-28-25;1-16-8-10-20-17(14-16)9-11-22-21(20)12-13-25-23(22)18-6-5-7-19(15-18)24(2,3)4;1-16-6-5-7-18(14-16)23-22-10-8-17-15-19(24(2,3)4)9-11-20(17)21(22)12-13-25-23;1-14-6-5-7-18(12-14)23-21-9-8-19-17(4)16(3)15(2)13-22(19)20(21)10-11-24-23;4*1-4(6)3-5(2)7;;;;/h7,9-17H,1-6H3;5,7-15H,1-4H3;5-6,8-15H,1-4H3;5-6,8-13H,1-4H3;4*3,6H,1-2H3;;;;/q4*-1;;;;;;;;/p+4. The molecule has 0 aliphatic rings. The summed E-state index contributed by atoms with van der Waals surface area (Å²) in [5.74, 6) is 1.00. The Morgan fingerprint density at radius 3 is 0.784 bits per heavy atom. The van der Waals surface area contributed by atoms with Gasteiger partial charge in [-0.15, -0.1) is 142 Å². The van der Waals surface area contributed by atoms with Crippen molar-refractivity contribution in [2.45, 2.75) is 202 Å². The Balaban J connectivity index is 0.000000285. The van der Waals surface area contributed by atoms with Gasteiger partial charge in [-0.3, -0.25) is 19.2 Å². The number of aliphatic hydroxyl groups excluding tert-OH is 4. The number of hydrogen-bond acceptors (Lipinski definition) is 8. The maximum absolute atomic E-state index is 8.40. The van der Waals surface area contributed by atoms with E-state index >= 15 is 0 Å². The predicted molar refractivity (Wildman–Crippen MR) is 553 cm³/mol. The van der Waals surface area contributed by atoms with Crippen LogP contribution >= 0.6 is 0 Å². The molecule has 0 aliphatic heterocycles. The van der Waals surface area contributed by atoms with Gasteiger partial charge in [-0.2, -0.15) is 0 Å². The Kier molecular flexibility index (Phi) is 42.1. The van der Waals surface area contributed by atoms with Crippen LogP contribution in [0.15, 0.2) is 278 Å². The van der Waals surface area contributed by atoms with E-state index in [0.29, 0.717) is 0 Å². The van der Waals surface area contributed by atoms with Crippen molar-refractivity contribution in [2.75, 3.05) is 0 Å². The first kappa shape index (κ1) is 113. The molecule has 134 heavy (non-hydrogen) atoms. The third-order valence-electron chi connectivity index (χ3n) is 22.0. The summed E-state index contributed by atoms with van der Waals surface area (Å²) in [4.78, 5) is 52.3. The number of rotatable bonds is 8. The predicted octanol–water partition coefficient (Wildman–Crippen LogP) is 30.5. The number of hydrogen-bond donors (Lipinski definition) is 4. The van der Waals surface area contributed by atoms with Gasteiger partial charge < -0.3 is 40.4 Å². The molecule has 16 heteroatoms. The fourth-order valence-electron chi connectivity index (χ4n) is 15.3. The molecule has 4 heterocycles. The van der Waals surface area contributed by atoms with E-state index in [4.69, 9.17) is 49.6 Å². The second-order valence-corrected chi connectivity index (χ2v) is 37.7. The van der Waals surface area contributed by atoms with Crippen LogP contribution < -0.4 is 0 Å². The molecule has 16 rings (SSSR count). The molecule has 0 unspecified atom stereocenters. The van der Waals surface area contributed by atoms with Crippen molar-refractivity contribution >= 4 is 109 Å². The molecule has 0 aliphatic carbocycles. The minimum atomic E-state index is 0. The Morgan fingerprint density at radius 1 is 0.254 bits per heavy atom. The van der Waals surface area contributed by atoms with E-state index in [1.54, 1.807) is 0 Å². The van der Waals surface area contributed by atoms with Crippen molar-refractivity contribution in [1.82, 2.24) is 19.9 Å². The summed E-state index contributed by atoms with van der Waals surface area (Å²) in [5.41, 5.74) is 21.9. The molecule has 12 aromatic carbocycles. The Morgan fingerprint density at radius 2 is 0.500 bits per heavy atom. The van der Waals surface area contributed by atoms with Crippen molar-refractivity contribution in [1.29, 1.82) is 0 Å². The van der Waals surface area contributed by atoms with E-state index < -0.39 is 0 Å². The molecule has 0 fully saturated rings. The molecule has 0 bridgehead atoms. The third-order valence-corrected chi connectivity index (χ3v) is 22.0. The summed E-state index contributed by atoms with van der Waals surface area (Å²) in [5, 5.41) is 53.7. The number of nitrogens with zero attached hydrogens (tertiary/aromatic N) is 4. The number of aryl methyl sites for hydroxylation is 5. The van der Waals surface area contributed by atoms with E-state index in [-0.39, 0.29) is 148 Å². The van der Waals surface area contributed by atoms with Crippen molar-refractivity contribution < 1.29 is 120 Å². The molecule has 8 N–H and O–H groups in total. The average Bonchev–Trinajstić information content (AvgIpc) is 0.786. The summed E-state index contributed by atoms with van der Waals surface area (Å²) in [6, 6.07) is 87.4. The quantitative estimate of drug-likeness (QED) is 0.0376. The van der Waals surface area contributed by atoms with Crippen LogP contribution in [-0.4, -0.2) is 82.7 Å². The van der Waals surface area contributed by atoms with Crippen molar-refractivity contribution in [3.63, 3.8) is 0 Å². The van der Waals surface area contributed by atoms with Gasteiger partial charge in [0.2, 0.25) is 0 Å². The van der Waals surface area contributed by atoms with Crippen LogP contribution in [0, 0.1) is 65.8 Å². The number of pyridine rings is 4. The maximum Gasteiger partial charge on any atom is 0.316 e. The first-order valence-electron chi connectivity index (χ1n) is 43.9.